The van der Waals surface area contributed by atoms with Crippen molar-refractivity contribution in [2.24, 2.45) is 0 Å². The van der Waals surface area contributed by atoms with E-state index >= 15 is 0 Å². The second-order valence-electron chi connectivity index (χ2n) is 9.05. The van der Waals surface area contributed by atoms with Gasteiger partial charge in [-0.15, -0.1) is 11.3 Å². The Morgan fingerprint density at radius 2 is 1.23 bits per heavy atom. The molecule has 2 nitrogen and oxygen atoms in total. The van der Waals surface area contributed by atoms with E-state index in [9.17, 15) is 0 Å². The van der Waals surface area contributed by atoms with Crippen LogP contribution in [-0.4, -0.2) is 9.13 Å². The van der Waals surface area contributed by atoms with E-state index in [-0.39, 0.29) is 0 Å². The van der Waals surface area contributed by atoms with Crippen LogP contribution in [0.1, 0.15) is 0 Å². The van der Waals surface area contributed by atoms with Crippen LogP contribution in [0.3, 0.4) is 0 Å². The van der Waals surface area contributed by atoms with Gasteiger partial charge in [-0.3, -0.25) is 4.57 Å². The zero-order chi connectivity index (χ0) is 22.9. The van der Waals surface area contributed by atoms with Crippen molar-refractivity contribution >= 4 is 64.9 Å². The third-order valence-corrected chi connectivity index (χ3v) is 8.27. The molecule has 0 amide bonds. The van der Waals surface area contributed by atoms with Gasteiger partial charge >= 0.3 is 0 Å². The minimum Gasteiger partial charge on any atom is -0.317 e. The summed E-state index contributed by atoms with van der Waals surface area (Å²) in [5.41, 5.74) is 4.95. The second-order valence-corrected chi connectivity index (χ2v) is 10.1. The molecule has 0 bridgehead atoms. The number of aromatic nitrogens is 2. The summed E-state index contributed by atoms with van der Waals surface area (Å²) >= 11 is 1.86. The topological polar surface area (TPSA) is 9.86 Å². The molecule has 3 aromatic heterocycles. The largest absolute Gasteiger partial charge is 0.317 e. The number of hydrogen-bond acceptors (Lipinski definition) is 1. The zero-order valence-electron chi connectivity index (χ0n) is 18.8. The Kier molecular flexibility index (Phi) is 3.85. The summed E-state index contributed by atoms with van der Waals surface area (Å²) < 4.78 is 6.06. The van der Waals surface area contributed by atoms with Crippen molar-refractivity contribution in [1.82, 2.24) is 9.13 Å². The first kappa shape index (κ1) is 19.0. The lowest BCUT2D eigenvalue weighted by Crippen LogP contribution is -1.92. The van der Waals surface area contributed by atoms with E-state index in [1.165, 1.54) is 64.3 Å². The minimum absolute atomic E-state index is 1.18. The first-order chi connectivity index (χ1) is 17.4. The smallest absolute Gasteiger partial charge is 0.101 e. The van der Waals surface area contributed by atoms with Crippen molar-refractivity contribution in [3.8, 4) is 10.7 Å². The molecule has 0 unspecified atom stereocenters. The number of hydrogen-bond donors (Lipinski definition) is 0. The maximum absolute atomic E-state index is 2.47. The molecular weight excluding hydrogens is 444 g/mol. The molecule has 0 aliphatic heterocycles. The molecule has 0 saturated carbocycles. The van der Waals surface area contributed by atoms with Crippen molar-refractivity contribution in [1.29, 1.82) is 0 Å². The van der Waals surface area contributed by atoms with Crippen molar-refractivity contribution in [3.05, 3.63) is 121 Å². The molecule has 5 aromatic carbocycles. The Morgan fingerprint density at radius 1 is 0.514 bits per heavy atom. The van der Waals surface area contributed by atoms with Crippen LogP contribution in [0.5, 0.6) is 0 Å². The van der Waals surface area contributed by atoms with Gasteiger partial charge in [0.2, 0.25) is 0 Å². The van der Waals surface area contributed by atoms with E-state index in [0.29, 0.717) is 0 Å². The lowest BCUT2D eigenvalue weighted by atomic mass is 10.0. The molecule has 164 valence electrons. The average Bonchev–Trinajstić information content (AvgIpc) is 3.62. The van der Waals surface area contributed by atoms with Crippen LogP contribution in [0, 0.1) is 0 Å². The van der Waals surface area contributed by atoms with Crippen LogP contribution < -0.4 is 0 Å². The van der Waals surface area contributed by atoms with Gasteiger partial charge in [0.05, 0.1) is 16.6 Å². The Balaban J connectivity index is 1.50. The highest BCUT2D eigenvalue weighted by Crippen LogP contribution is 2.41. The molecule has 0 radical (unpaired) electrons. The molecule has 0 spiro atoms. The SMILES string of the molecule is c1ccc(-n2ccc3c4ccc5c6ccccc6n(-c6cc7ccccc7s6)c5c4ccc32)cc1. The van der Waals surface area contributed by atoms with Gasteiger partial charge in [0.25, 0.3) is 0 Å². The van der Waals surface area contributed by atoms with Crippen LogP contribution >= 0.6 is 11.3 Å². The van der Waals surface area contributed by atoms with Crippen LogP contribution in [-0.2, 0) is 0 Å². The molecule has 8 aromatic rings. The Labute approximate surface area is 205 Å². The second kappa shape index (κ2) is 7.08. The van der Waals surface area contributed by atoms with E-state index in [2.05, 4.69) is 131 Å². The lowest BCUT2D eigenvalue weighted by molar-refractivity contribution is 1.13. The van der Waals surface area contributed by atoms with Crippen LogP contribution in [0.4, 0.5) is 0 Å². The number of fused-ring (bicyclic) bond motifs is 8. The van der Waals surface area contributed by atoms with Gasteiger partial charge in [0, 0.05) is 38.1 Å². The molecule has 35 heavy (non-hydrogen) atoms. The van der Waals surface area contributed by atoms with Crippen molar-refractivity contribution in [2.45, 2.75) is 0 Å². The number of para-hydroxylation sites is 2. The quantitative estimate of drug-likeness (QED) is 0.241. The predicted octanol–water partition coefficient (Wildman–Crippen LogP) is 9.10. The minimum atomic E-state index is 1.18. The van der Waals surface area contributed by atoms with Gasteiger partial charge in [-0.25, -0.2) is 0 Å². The zero-order valence-corrected chi connectivity index (χ0v) is 19.7. The summed E-state index contributed by atoms with van der Waals surface area (Å²) in [7, 11) is 0. The number of thiophene rings is 1. The first-order valence-corrected chi connectivity index (χ1v) is 12.7. The summed E-state index contributed by atoms with van der Waals surface area (Å²) in [6.45, 7) is 0. The van der Waals surface area contributed by atoms with E-state index in [1.54, 1.807) is 0 Å². The van der Waals surface area contributed by atoms with Crippen LogP contribution in [0.2, 0.25) is 0 Å². The molecule has 0 aliphatic rings. The predicted molar refractivity (Wildman–Crippen MR) is 151 cm³/mol. The average molecular weight is 465 g/mol. The molecule has 0 fully saturated rings. The van der Waals surface area contributed by atoms with Crippen molar-refractivity contribution in [2.75, 3.05) is 0 Å². The molecule has 8 rings (SSSR count). The summed E-state index contributed by atoms with van der Waals surface area (Å²) in [5, 5.41) is 9.00. The van der Waals surface area contributed by atoms with Gasteiger partial charge in [0.15, 0.2) is 0 Å². The Bertz CT molecular complexity index is 2020. The Hall–Kier alpha value is -4.34. The van der Waals surface area contributed by atoms with Gasteiger partial charge in [-0.2, -0.15) is 0 Å². The summed E-state index contributed by atoms with van der Waals surface area (Å²) in [6, 6.07) is 41.8. The third kappa shape index (κ3) is 2.64. The number of benzene rings is 5. The molecule has 3 heteroatoms. The Morgan fingerprint density at radius 3 is 2.14 bits per heavy atom. The highest BCUT2D eigenvalue weighted by Gasteiger charge is 2.18. The summed E-state index contributed by atoms with van der Waals surface area (Å²) in [4.78, 5) is 0. The molecule has 3 heterocycles. The lowest BCUT2D eigenvalue weighted by Gasteiger charge is -2.10. The van der Waals surface area contributed by atoms with Crippen LogP contribution in [0.15, 0.2) is 121 Å². The highest BCUT2D eigenvalue weighted by atomic mass is 32.1. The van der Waals surface area contributed by atoms with E-state index in [1.807, 2.05) is 11.3 Å². The van der Waals surface area contributed by atoms with Crippen molar-refractivity contribution < 1.29 is 0 Å². The van der Waals surface area contributed by atoms with Gasteiger partial charge in [-0.05, 0) is 53.2 Å². The highest BCUT2D eigenvalue weighted by molar-refractivity contribution is 7.21. The fourth-order valence-electron chi connectivity index (χ4n) is 5.61. The number of nitrogens with zero attached hydrogens (tertiary/aromatic N) is 2. The monoisotopic (exact) mass is 464 g/mol. The standard InChI is InChI=1S/C32H20N2S/c1-2-9-22(10-3-1)33-19-18-25-23-14-15-27-24-11-5-6-12-29(24)34(32(27)26(23)16-17-28(25)33)31-20-21-8-4-7-13-30(21)35-31/h1-20H. The van der Waals surface area contributed by atoms with Gasteiger partial charge in [0.1, 0.15) is 5.00 Å². The normalized spacial score (nSPS) is 12.0. The fourth-order valence-corrected chi connectivity index (χ4v) is 6.70. The fraction of sp³-hybridized carbons (Fsp3) is 0. The van der Waals surface area contributed by atoms with Gasteiger partial charge in [-0.1, -0.05) is 72.8 Å². The molecule has 0 atom stereocenters. The molecule has 0 aliphatic carbocycles. The third-order valence-electron chi connectivity index (χ3n) is 7.17. The van der Waals surface area contributed by atoms with Crippen molar-refractivity contribution in [3.63, 3.8) is 0 Å². The molecule has 0 saturated heterocycles. The summed E-state index contributed by atoms with van der Waals surface area (Å²) in [5.74, 6) is 0. The molecule has 0 N–H and O–H groups in total. The maximum Gasteiger partial charge on any atom is 0.101 e. The maximum atomic E-state index is 2.47. The molecular formula is C32H20N2S. The van der Waals surface area contributed by atoms with Crippen LogP contribution in [0.25, 0.3) is 64.3 Å². The number of rotatable bonds is 2. The summed E-state index contributed by atoms with van der Waals surface area (Å²) in [6.07, 6.45) is 2.19. The first-order valence-electron chi connectivity index (χ1n) is 11.9. The van der Waals surface area contributed by atoms with Gasteiger partial charge < -0.3 is 4.57 Å². The van der Waals surface area contributed by atoms with E-state index in [0.717, 1.165) is 0 Å². The van der Waals surface area contributed by atoms with E-state index in [4.69, 9.17) is 0 Å². The van der Waals surface area contributed by atoms with E-state index < -0.39 is 0 Å².